The van der Waals surface area contributed by atoms with Crippen LogP contribution in [0.25, 0.3) is 95.6 Å². The Balaban J connectivity index is 0.964. The van der Waals surface area contributed by atoms with Crippen molar-refractivity contribution in [2.45, 2.75) is 5.92 Å². The number of rotatable bonds is 8. The van der Waals surface area contributed by atoms with Gasteiger partial charge in [-0.2, -0.15) is 0 Å². The lowest BCUT2D eigenvalue weighted by atomic mass is 9.65. The minimum absolute atomic E-state index is 0.280. The number of benzene rings is 9. The van der Waals surface area contributed by atoms with Gasteiger partial charge in [0.05, 0.1) is 0 Å². The highest BCUT2D eigenvalue weighted by molar-refractivity contribution is 5.88. The smallest absolute Gasteiger partial charge is 0.0205 e. The largest absolute Gasteiger partial charge is 0.0754 e. The summed E-state index contributed by atoms with van der Waals surface area (Å²) >= 11 is 0. The van der Waals surface area contributed by atoms with Crippen molar-refractivity contribution in [2.24, 2.45) is 5.92 Å². The SMILES string of the molecule is C1=Cc2cccc3c2C2C1=CC=C(c1cccc(-c4cc(-c5cccc(-c6cccc(-c7ccccc7)c6)c5)cc(-c5cccc(-c6cccc(-c7ccccc7)c6)c5)c4)c1)C2C=C3. The minimum Gasteiger partial charge on any atom is -0.0754 e. The Hall–Kier alpha value is -8.06. The molecule has 0 N–H and O–H groups in total. The predicted octanol–water partition coefficient (Wildman–Crippen LogP) is 17.1. The maximum absolute atomic E-state index is 2.44. The maximum atomic E-state index is 2.44. The van der Waals surface area contributed by atoms with Crippen LogP contribution in [0.4, 0.5) is 0 Å². The van der Waals surface area contributed by atoms with Gasteiger partial charge in [0.2, 0.25) is 0 Å². The van der Waals surface area contributed by atoms with Crippen LogP contribution in [0.5, 0.6) is 0 Å². The number of allylic oxidation sites excluding steroid dienone is 6. The van der Waals surface area contributed by atoms with Gasteiger partial charge < -0.3 is 0 Å². The van der Waals surface area contributed by atoms with Crippen molar-refractivity contribution in [3.05, 3.63) is 271 Å². The van der Waals surface area contributed by atoms with Crippen molar-refractivity contribution in [1.29, 1.82) is 0 Å². The van der Waals surface area contributed by atoms with E-state index in [9.17, 15) is 0 Å². The third-order valence-corrected chi connectivity index (χ3v) is 13.4. The Morgan fingerprint density at radius 2 is 0.594 bits per heavy atom. The molecule has 0 nitrogen and oxygen atoms in total. The van der Waals surface area contributed by atoms with E-state index in [-0.39, 0.29) is 5.92 Å². The van der Waals surface area contributed by atoms with Crippen LogP contribution in [0.3, 0.4) is 0 Å². The molecule has 0 heterocycles. The lowest BCUT2D eigenvalue weighted by Crippen LogP contribution is -2.23. The van der Waals surface area contributed by atoms with E-state index < -0.39 is 0 Å². The number of hydrogen-bond donors (Lipinski definition) is 0. The minimum atomic E-state index is 0.280. The third-order valence-electron chi connectivity index (χ3n) is 13.4. The number of hydrogen-bond acceptors (Lipinski definition) is 0. The van der Waals surface area contributed by atoms with Gasteiger partial charge in [-0.1, -0.05) is 206 Å². The van der Waals surface area contributed by atoms with E-state index in [0.29, 0.717) is 5.92 Å². The maximum Gasteiger partial charge on any atom is 0.0205 e. The second-order valence-corrected chi connectivity index (χ2v) is 17.3. The van der Waals surface area contributed by atoms with Gasteiger partial charge in [0.15, 0.2) is 0 Å². The molecule has 9 aromatic rings. The fourth-order valence-corrected chi connectivity index (χ4v) is 10.2. The molecule has 0 radical (unpaired) electrons. The molecule has 0 bridgehead atoms. The first kappa shape index (κ1) is 37.7. The normalized spacial score (nSPS) is 15.6. The Morgan fingerprint density at radius 3 is 1.06 bits per heavy atom. The summed E-state index contributed by atoms with van der Waals surface area (Å²) in [6.45, 7) is 0. The van der Waals surface area contributed by atoms with Gasteiger partial charge >= 0.3 is 0 Å². The highest BCUT2D eigenvalue weighted by Crippen LogP contribution is 2.51. The van der Waals surface area contributed by atoms with Crippen LogP contribution in [0, 0.1) is 5.92 Å². The van der Waals surface area contributed by atoms with Crippen molar-refractivity contribution in [1.82, 2.24) is 0 Å². The molecule has 0 fully saturated rings. The standard InChI is InChI=1S/C64H44/c1-3-13-43(14-4-1)48-19-8-21-50(35-48)52-23-10-25-54(37-52)58-40-59(55-26-11-24-53(38-55)51-22-9-20-49(36-51)44-15-5-2-6-16-44)42-60(41-58)56-27-12-28-57(39-56)61-33-31-47-30-29-45-17-7-18-46-32-34-62(61)64(47)63(45)46/h1-42,62,64H. The Labute approximate surface area is 376 Å². The van der Waals surface area contributed by atoms with Crippen LogP contribution in [-0.2, 0) is 0 Å². The first-order valence-electron chi connectivity index (χ1n) is 22.4. The summed E-state index contributed by atoms with van der Waals surface area (Å²) in [4.78, 5) is 0. The molecule has 0 saturated heterocycles. The lowest BCUT2D eigenvalue weighted by molar-refractivity contribution is 0.681. The molecule has 3 aliphatic rings. The van der Waals surface area contributed by atoms with Gasteiger partial charge in [0, 0.05) is 11.8 Å². The molecule has 0 aliphatic heterocycles. The molecular weight excluding hydrogens is 769 g/mol. The first-order chi connectivity index (χ1) is 31.7. The van der Waals surface area contributed by atoms with Gasteiger partial charge in [-0.05, 0) is 160 Å². The molecule has 9 aromatic carbocycles. The molecule has 3 aliphatic carbocycles. The molecule has 300 valence electrons. The van der Waals surface area contributed by atoms with Crippen LogP contribution in [0.2, 0.25) is 0 Å². The molecule has 0 amide bonds. The van der Waals surface area contributed by atoms with E-state index in [1.54, 1.807) is 0 Å². The summed E-state index contributed by atoms with van der Waals surface area (Å²) in [7, 11) is 0. The van der Waals surface area contributed by atoms with Crippen molar-refractivity contribution in [3.8, 4) is 77.9 Å². The van der Waals surface area contributed by atoms with Crippen molar-refractivity contribution < 1.29 is 0 Å². The van der Waals surface area contributed by atoms with E-state index in [0.717, 1.165) is 0 Å². The van der Waals surface area contributed by atoms with Gasteiger partial charge in [-0.15, -0.1) is 0 Å². The van der Waals surface area contributed by atoms with E-state index in [1.165, 1.54) is 111 Å². The zero-order valence-electron chi connectivity index (χ0n) is 35.4. The second kappa shape index (κ2) is 16.0. The van der Waals surface area contributed by atoms with Crippen molar-refractivity contribution in [3.63, 3.8) is 0 Å². The highest BCUT2D eigenvalue weighted by Gasteiger charge is 2.36. The van der Waals surface area contributed by atoms with Crippen LogP contribution in [-0.4, -0.2) is 0 Å². The Kier molecular flexibility index (Phi) is 9.42. The van der Waals surface area contributed by atoms with Crippen molar-refractivity contribution in [2.75, 3.05) is 0 Å². The van der Waals surface area contributed by atoms with Gasteiger partial charge in [-0.25, -0.2) is 0 Å². The molecule has 0 spiro atoms. The van der Waals surface area contributed by atoms with Crippen LogP contribution in [0.1, 0.15) is 28.2 Å². The van der Waals surface area contributed by atoms with Gasteiger partial charge in [-0.3, -0.25) is 0 Å². The fourth-order valence-electron chi connectivity index (χ4n) is 10.2. The van der Waals surface area contributed by atoms with E-state index in [1.807, 2.05) is 0 Å². The van der Waals surface area contributed by atoms with E-state index in [2.05, 4.69) is 255 Å². The van der Waals surface area contributed by atoms with Gasteiger partial charge in [0.1, 0.15) is 0 Å². The van der Waals surface area contributed by atoms with Crippen LogP contribution in [0.15, 0.2) is 248 Å². The predicted molar refractivity (Wildman–Crippen MR) is 271 cm³/mol. The molecule has 0 aromatic heterocycles. The van der Waals surface area contributed by atoms with E-state index in [4.69, 9.17) is 0 Å². The zero-order chi connectivity index (χ0) is 42.4. The average molecular weight is 813 g/mol. The molecule has 12 rings (SSSR count). The quantitative estimate of drug-likeness (QED) is 0.143. The van der Waals surface area contributed by atoms with Gasteiger partial charge in [0.25, 0.3) is 0 Å². The average Bonchev–Trinajstić information content (AvgIpc) is 3.38. The second-order valence-electron chi connectivity index (χ2n) is 17.3. The van der Waals surface area contributed by atoms with Crippen molar-refractivity contribution >= 4 is 17.7 Å². The molecular formula is C64H44. The Bertz CT molecular complexity index is 3230. The first-order valence-corrected chi connectivity index (χ1v) is 22.4. The molecule has 64 heavy (non-hydrogen) atoms. The zero-order valence-corrected chi connectivity index (χ0v) is 35.4. The summed E-state index contributed by atoms with van der Waals surface area (Å²) in [5.74, 6) is 0.614. The third kappa shape index (κ3) is 7.00. The monoisotopic (exact) mass is 812 g/mol. The highest BCUT2D eigenvalue weighted by atomic mass is 14.4. The summed E-state index contributed by atoms with van der Waals surface area (Å²) < 4.78 is 0. The van der Waals surface area contributed by atoms with Crippen LogP contribution < -0.4 is 0 Å². The summed E-state index contributed by atoms with van der Waals surface area (Å²) in [6.07, 6.45) is 14.1. The lowest BCUT2D eigenvalue weighted by Gasteiger charge is -2.38. The van der Waals surface area contributed by atoms with E-state index >= 15 is 0 Å². The molecule has 2 unspecified atom stereocenters. The Morgan fingerprint density at radius 1 is 0.250 bits per heavy atom. The molecule has 0 heteroatoms. The molecule has 2 atom stereocenters. The summed E-state index contributed by atoms with van der Waals surface area (Å²) in [5, 5.41) is 0. The topological polar surface area (TPSA) is 0 Å². The molecule has 0 saturated carbocycles. The fraction of sp³-hybridized carbons (Fsp3) is 0.0312. The summed E-state index contributed by atoms with van der Waals surface area (Å²) in [5.41, 5.74) is 25.0. The van der Waals surface area contributed by atoms with Crippen LogP contribution >= 0.6 is 0 Å². The summed E-state index contributed by atoms with van der Waals surface area (Å²) in [6, 6.07) is 80.3.